The van der Waals surface area contributed by atoms with Gasteiger partial charge >= 0.3 is 0 Å². The van der Waals surface area contributed by atoms with E-state index >= 15 is 0 Å². The van der Waals surface area contributed by atoms with Crippen molar-refractivity contribution in [1.82, 2.24) is 5.32 Å². The minimum Gasteiger partial charge on any atom is -0.392 e. The van der Waals surface area contributed by atoms with Crippen LogP contribution in [0.15, 0.2) is 12.1 Å². The number of rotatable bonds is 6. The van der Waals surface area contributed by atoms with Crippen molar-refractivity contribution in [3.05, 3.63) is 21.9 Å². The van der Waals surface area contributed by atoms with Crippen molar-refractivity contribution in [3.8, 4) is 0 Å². The van der Waals surface area contributed by atoms with E-state index in [1.807, 2.05) is 11.3 Å². The minimum atomic E-state index is -0.233. The highest BCUT2D eigenvalue weighted by Crippen LogP contribution is 2.22. The van der Waals surface area contributed by atoms with E-state index in [1.165, 1.54) is 9.75 Å². The summed E-state index contributed by atoms with van der Waals surface area (Å²) in [5.41, 5.74) is 0. The Kier molecular flexibility index (Phi) is 5.46. The van der Waals surface area contributed by atoms with Crippen LogP contribution in [0.5, 0.6) is 0 Å². The molecule has 16 heavy (non-hydrogen) atoms. The van der Waals surface area contributed by atoms with E-state index in [-0.39, 0.29) is 6.10 Å². The lowest BCUT2D eigenvalue weighted by atomic mass is 10.1. The number of aliphatic hydroxyl groups excluding tert-OH is 1. The Morgan fingerprint density at radius 2 is 2.00 bits per heavy atom. The van der Waals surface area contributed by atoms with Gasteiger partial charge in [0, 0.05) is 22.3 Å². The molecule has 3 heteroatoms. The van der Waals surface area contributed by atoms with E-state index in [0.717, 1.165) is 6.42 Å². The SMILES string of the molecule is Cc1ccc(C(C)NCC(O)CC(C)C)s1. The van der Waals surface area contributed by atoms with Gasteiger partial charge in [-0.1, -0.05) is 13.8 Å². The number of aliphatic hydroxyl groups is 1. The zero-order valence-corrected chi connectivity index (χ0v) is 11.5. The molecule has 0 spiro atoms. The molecule has 1 aromatic rings. The summed E-state index contributed by atoms with van der Waals surface area (Å²) in [6.45, 7) is 9.21. The lowest BCUT2D eigenvalue weighted by Crippen LogP contribution is -2.29. The highest BCUT2D eigenvalue weighted by Gasteiger charge is 2.11. The number of nitrogens with one attached hydrogen (secondary N) is 1. The molecule has 0 aliphatic carbocycles. The molecular weight excluding hydrogens is 218 g/mol. The molecule has 0 fully saturated rings. The maximum Gasteiger partial charge on any atom is 0.0667 e. The Labute approximate surface area is 103 Å². The number of hydrogen-bond donors (Lipinski definition) is 2. The Morgan fingerprint density at radius 1 is 1.31 bits per heavy atom. The monoisotopic (exact) mass is 241 g/mol. The first kappa shape index (κ1) is 13.7. The summed E-state index contributed by atoms with van der Waals surface area (Å²) >= 11 is 1.82. The van der Waals surface area contributed by atoms with Crippen molar-refractivity contribution in [2.45, 2.75) is 46.3 Å². The summed E-state index contributed by atoms with van der Waals surface area (Å²) in [6, 6.07) is 4.63. The average molecular weight is 241 g/mol. The van der Waals surface area contributed by atoms with Crippen molar-refractivity contribution >= 4 is 11.3 Å². The van der Waals surface area contributed by atoms with Crippen LogP contribution < -0.4 is 5.32 Å². The Bertz CT molecular complexity index is 309. The van der Waals surface area contributed by atoms with Crippen LogP contribution in [0.4, 0.5) is 0 Å². The topological polar surface area (TPSA) is 32.3 Å². The largest absolute Gasteiger partial charge is 0.392 e. The van der Waals surface area contributed by atoms with Gasteiger partial charge in [0.2, 0.25) is 0 Å². The number of hydrogen-bond acceptors (Lipinski definition) is 3. The normalized spacial score (nSPS) is 15.4. The van der Waals surface area contributed by atoms with E-state index in [1.54, 1.807) is 0 Å². The first-order valence-electron chi connectivity index (χ1n) is 5.96. The van der Waals surface area contributed by atoms with Crippen molar-refractivity contribution in [1.29, 1.82) is 0 Å². The third-order valence-electron chi connectivity index (χ3n) is 2.59. The molecule has 1 aromatic heterocycles. The first-order valence-corrected chi connectivity index (χ1v) is 6.78. The van der Waals surface area contributed by atoms with Gasteiger partial charge in [-0.05, 0) is 38.3 Å². The van der Waals surface area contributed by atoms with Crippen molar-refractivity contribution in [2.75, 3.05) is 6.54 Å². The molecule has 0 aliphatic heterocycles. The van der Waals surface area contributed by atoms with Crippen LogP contribution in [0.3, 0.4) is 0 Å². The van der Waals surface area contributed by atoms with Crippen LogP contribution in [-0.2, 0) is 0 Å². The van der Waals surface area contributed by atoms with E-state index in [2.05, 4.69) is 45.1 Å². The smallest absolute Gasteiger partial charge is 0.0667 e. The van der Waals surface area contributed by atoms with Crippen molar-refractivity contribution in [3.63, 3.8) is 0 Å². The third kappa shape index (κ3) is 4.64. The average Bonchev–Trinajstić information content (AvgIpc) is 2.60. The summed E-state index contributed by atoms with van der Waals surface area (Å²) in [6.07, 6.45) is 0.631. The molecule has 0 aliphatic rings. The van der Waals surface area contributed by atoms with Gasteiger partial charge in [0.25, 0.3) is 0 Å². The molecule has 2 N–H and O–H groups in total. The predicted molar refractivity (Wildman–Crippen MR) is 70.9 cm³/mol. The summed E-state index contributed by atoms with van der Waals surface area (Å²) in [5, 5.41) is 13.1. The zero-order chi connectivity index (χ0) is 12.1. The van der Waals surface area contributed by atoms with Gasteiger partial charge in [-0.25, -0.2) is 0 Å². The van der Waals surface area contributed by atoms with Crippen molar-refractivity contribution < 1.29 is 5.11 Å². The van der Waals surface area contributed by atoms with Gasteiger partial charge in [-0.15, -0.1) is 11.3 Å². The standard InChI is InChI=1S/C13H23NOS/c1-9(2)7-12(15)8-14-11(4)13-6-5-10(3)16-13/h5-6,9,11-12,14-15H,7-8H2,1-4H3. The second kappa shape index (κ2) is 6.38. The minimum absolute atomic E-state index is 0.233. The van der Waals surface area contributed by atoms with Crippen molar-refractivity contribution in [2.24, 2.45) is 5.92 Å². The fourth-order valence-corrected chi connectivity index (χ4v) is 2.63. The molecule has 1 heterocycles. The number of thiophene rings is 1. The molecule has 92 valence electrons. The quantitative estimate of drug-likeness (QED) is 0.802. The molecule has 2 atom stereocenters. The molecule has 0 radical (unpaired) electrons. The predicted octanol–water partition coefficient (Wildman–Crippen LogP) is 3.11. The van der Waals surface area contributed by atoms with Crippen LogP contribution in [0.1, 0.15) is 43.0 Å². The Hall–Kier alpha value is -0.380. The van der Waals surface area contributed by atoms with Gasteiger partial charge < -0.3 is 10.4 Å². The van der Waals surface area contributed by atoms with Gasteiger partial charge in [-0.2, -0.15) is 0 Å². The van der Waals surface area contributed by atoms with E-state index < -0.39 is 0 Å². The van der Waals surface area contributed by atoms with E-state index in [0.29, 0.717) is 18.5 Å². The molecular formula is C13H23NOS. The fraction of sp³-hybridized carbons (Fsp3) is 0.692. The maximum absolute atomic E-state index is 9.76. The van der Waals surface area contributed by atoms with E-state index in [9.17, 15) is 5.11 Å². The van der Waals surface area contributed by atoms with Gasteiger partial charge in [0.15, 0.2) is 0 Å². The van der Waals surface area contributed by atoms with Gasteiger partial charge in [-0.3, -0.25) is 0 Å². The Morgan fingerprint density at radius 3 is 2.50 bits per heavy atom. The molecule has 1 rings (SSSR count). The maximum atomic E-state index is 9.76. The highest BCUT2D eigenvalue weighted by molar-refractivity contribution is 7.12. The molecule has 0 aromatic carbocycles. The Balaban J connectivity index is 2.32. The molecule has 0 saturated carbocycles. The first-order chi connectivity index (χ1) is 7.49. The summed E-state index contributed by atoms with van der Waals surface area (Å²) in [7, 11) is 0. The lowest BCUT2D eigenvalue weighted by Gasteiger charge is -2.17. The van der Waals surface area contributed by atoms with Gasteiger partial charge in [0.1, 0.15) is 0 Å². The summed E-state index contributed by atoms with van der Waals surface area (Å²) in [5.74, 6) is 0.552. The molecule has 0 bridgehead atoms. The molecule has 2 unspecified atom stereocenters. The number of aryl methyl sites for hydroxylation is 1. The second-order valence-corrected chi connectivity index (χ2v) is 6.18. The zero-order valence-electron chi connectivity index (χ0n) is 10.7. The summed E-state index contributed by atoms with van der Waals surface area (Å²) in [4.78, 5) is 2.68. The molecule has 0 saturated heterocycles. The highest BCUT2D eigenvalue weighted by atomic mass is 32.1. The lowest BCUT2D eigenvalue weighted by molar-refractivity contribution is 0.143. The van der Waals surface area contributed by atoms with Crippen LogP contribution in [0.2, 0.25) is 0 Å². The molecule has 0 amide bonds. The van der Waals surface area contributed by atoms with Crippen LogP contribution in [0, 0.1) is 12.8 Å². The van der Waals surface area contributed by atoms with Crippen LogP contribution in [0.25, 0.3) is 0 Å². The molecule has 2 nitrogen and oxygen atoms in total. The van der Waals surface area contributed by atoms with Gasteiger partial charge in [0.05, 0.1) is 6.10 Å². The fourth-order valence-electron chi connectivity index (χ4n) is 1.73. The van der Waals surface area contributed by atoms with Crippen LogP contribution >= 0.6 is 11.3 Å². The third-order valence-corrected chi connectivity index (χ3v) is 3.77. The van der Waals surface area contributed by atoms with Crippen LogP contribution in [-0.4, -0.2) is 17.8 Å². The second-order valence-electron chi connectivity index (χ2n) is 4.86. The van der Waals surface area contributed by atoms with E-state index in [4.69, 9.17) is 0 Å². The summed E-state index contributed by atoms with van der Waals surface area (Å²) < 4.78 is 0.